The van der Waals surface area contributed by atoms with Gasteiger partial charge < -0.3 is 9.32 Å². The van der Waals surface area contributed by atoms with Gasteiger partial charge in [-0.05, 0) is 67.9 Å². The third kappa shape index (κ3) is 4.08. The van der Waals surface area contributed by atoms with Gasteiger partial charge in [-0.2, -0.15) is 9.78 Å². The van der Waals surface area contributed by atoms with Crippen LogP contribution in [0.3, 0.4) is 0 Å². The van der Waals surface area contributed by atoms with Crippen molar-refractivity contribution in [3.63, 3.8) is 0 Å². The smallest absolute Gasteiger partial charge is 0.282 e. The van der Waals surface area contributed by atoms with E-state index >= 15 is 0 Å². The molecule has 34 heavy (non-hydrogen) atoms. The molecular weight excluding hydrogens is 448 g/mol. The van der Waals surface area contributed by atoms with Crippen LogP contribution in [0.2, 0.25) is 5.02 Å². The van der Waals surface area contributed by atoms with Crippen molar-refractivity contribution in [2.75, 3.05) is 18.0 Å². The van der Waals surface area contributed by atoms with Crippen LogP contribution in [-0.4, -0.2) is 29.0 Å². The molecule has 0 aliphatic carbocycles. The molecule has 0 aliphatic rings. The Morgan fingerprint density at radius 1 is 1.03 bits per heavy atom. The van der Waals surface area contributed by atoms with Crippen molar-refractivity contribution < 1.29 is 4.42 Å². The lowest BCUT2D eigenvalue weighted by molar-refractivity contribution is 0.616. The number of fused-ring (bicyclic) bond motifs is 2. The van der Waals surface area contributed by atoms with Crippen molar-refractivity contribution in [1.29, 1.82) is 0 Å². The van der Waals surface area contributed by atoms with Crippen LogP contribution in [0.25, 0.3) is 33.5 Å². The molecule has 0 amide bonds. The van der Waals surface area contributed by atoms with E-state index in [4.69, 9.17) is 21.0 Å². The molecule has 0 saturated carbocycles. The fourth-order valence-electron chi connectivity index (χ4n) is 4.00. The lowest BCUT2D eigenvalue weighted by atomic mass is 10.2. The Hall–Kier alpha value is -3.90. The van der Waals surface area contributed by atoms with Gasteiger partial charge in [0.25, 0.3) is 5.56 Å². The van der Waals surface area contributed by atoms with E-state index in [-0.39, 0.29) is 5.56 Å². The molecule has 0 saturated heterocycles. The van der Waals surface area contributed by atoms with Gasteiger partial charge >= 0.3 is 0 Å². The molecule has 0 N–H and O–H groups in total. The van der Waals surface area contributed by atoms with Crippen LogP contribution in [0.1, 0.15) is 19.4 Å². The molecule has 170 valence electrons. The van der Waals surface area contributed by atoms with Crippen LogP contribution in [0.15, 0.2) is 87.1 Å². The average Bonchev–Trinajstić information content (AvgIpc) is 3.28. The minimum Gasteiger partial charge on any atom is -0.453 e. The van der Waals surface area contributed by atoms with Crippen LogP contribution >= 0.6 is 11.6 Å². The van der Waals surface area contributed by atoms with E-state index < -0.39 is 0 Å². The molecule has 0 bridgehead atoms. The zero-order valence-corrected chi connectivity index (χ0v) is 19.7. The largest absolute Gasteiger partial charge is 0.453 e. The Morgan fingerprint density at radius 2 is 1.79 bits per heavy atom. The summed E-state index contributed by atoms with van der Waals surface area (Å²) in [6.45, 7) is 6.14. The molecule has 5 rings (SSSR count). The van der Waals surface area contributed by atoms with Gasteiger partial charge in [0, 0.05) is 29.2 Å². The quantitative estimate of drug-likeness (QED) is 0.277. The monoisotopic (exact) mass is 470 g/mol. The number of hydrogen-bond acceptors (Lipinski definition) is 5. The molecule has 7 heteroatoms. The third-order valence-electron chi connectivity index (χ3n) is 5.80. The van der Waals surface area contributed by atoms with Crippen LogP contribution in [-0.2, 0) is 0 Å². The minimum atomic E-state index is -0.268. The van der Waals surface area contributed by atoms with E-state index in [2.05, 4.69) is 36.0 Å². The second-order valence-electron chi connectivity index (χ2n) is 7.87. The summed E-state index contributed by atoms with van der Waals surface area (Å²) in [6.07, 6.45) is 1.66. The number of hydrogen-bond donors (Lipinski definition) is 0. The lowest BCUT2D eigenvalue weighted by Crippen LogP contribution is -2.21. The Bertz CT molecular complexity index is 1560. The Labute approximate surface area is 201 Å². The number of aromatic nitrogens is 2. The van der Waals surface area contributed by atoms with Crippen molar-refractivity contribution in [3.8, 4) is 11.6 Å². The van der Waals surface area contributed by atoms with Crippen molar-refractivity contribution >= 4 is 45.4 Å². The van der Waals surface area contributed by atoms with E-state index in [0.29, 0.717) is 33.1 Å². The first kappa shape index (κ1) is 21.9. The first-order valence-electron chi connectivity index (χ1n) is 11.2. The summed E-state index contributed by atoms with van der Waals surface area (Å²) in [6, 6.07) is 22.5. The van der Waals surface area contributed by atoms with E-state index in [1.807, 2.05) is 36.4 Å². The topological polar surface area (TPSA) is 63.6 Å². The number of nitrogens with zero attached hydrogens (tertiary/aromatic N) is 4. The van der Waals surface area contributed by atoms with Gasteiger partial charge in [0.2, 0.25) is 5.82 Å². The predicted molar refractivity (Wildman–Crippen MR) is 139 cm³/mol. The maximum absolute atomic E-state index is 13.4. The molecule has 0 unspecified atom stereocenters. The van der Waals surface area contributed by atoms with Gasteiger partial charge in [-0.15, -0.1) is 0 Å². The zero-order chi connectivity index (χ0) is 23.7. The summed E-state index contributed by atoms with van der Waals surface area (Å²) < 4.78 is 7.30. The normalized spacial score (nSPS) is 11.6. The first-order chi connectivity index (χ1) is 16.6. The highest BCUT2D eigenvalue weighted by Crippen LogP contribution is 2.29. The van der Waals surface area contributed by atoms with Crippen molar-refractivity contribution in [1.82, 2.24) is 9.66 Å². The molecule has 5 aromatic rings. The third-order valence-corrected chi connectivity index (χ3v) is 6.03. The van der Waals surface area contributed by atoms with Crippen LogP contribution < -0.4 is 10.5 Å². The Balaban J connectivity index is 1.62. The second-order valence-corrected chi connectivity index (χ2v) is 8.31. The number of rotatable bonds is 6. The fourth-order valence-corrected chi connectivity index (χ4v) is 4.18. The van der Waals surface area contributed by atoms with Gasteiger partial charge in [0.1, 0.15) is 5.58 Å². The molecule has 3 aromatic carbocycles. The number of furan rings is 1. The van der Waals surface area contributed by atoms with Gasteiger partial charge in [0.05, 0.1) is 17.1 Å². The van der Waals surface area contributed by atoms with E-state index in [0.717, 1.165) is 29.7 Å². The molecule has 0 aliphatic heterocycles. The second kappa shape index (κ2) is 9.15. The summed E-state index contributed by atoms with van der Waals surface area (Å²) in [5.74, 6) is 0.765. The Morgan fingerprint density at radius 3 is 2.56 bits per heavy atom. The molecule has 6 nitrogen and oxygen atoms in total. The number of halogens is 1. The molecule has 2 heterocycles. The Kier molecular flexibility index (Phi) is 5.90. The number of benzene rings is 3. The van der Waals surface area contributed by atoms with Crippen molar-refractivity contribution in [2.24, 2.45) is 5.10 Å². The van der Waals surface area contributed by atoms with E-state index in [9.17, 15) is 4.79 Å². The standard InChI is InChI=1S/C27H23ClN4O2/c1-3-31(4-2)21-12-9-18(10-13-21)17-29-32-26(30-23-8-6-5-7-22(23)27(32)33)25-16-19-15-20(28)11-14-24(19)34-25/h5-17H,3-4H2,1-2H3. The number of para-hydroxylation sites is 1. The summed E-state index contributed by atoms with van der Waals surface area (Å²) in [5.41, 5.74) is 2.99. The van der Waals surface area contributed by atoms with Gasteiger partial charge in [-0.25, -0.2) is 4.98 Å². The maximum Gasteiger partial charge on any atom is 0.282 e. The summed E-state index contributed by atoms with van der Waals surface area (Å²) >= 11 is 6.14. The zero-order valence-electron chi connectivity index (χ0n) is 18.9. The minimum absolute atomic E-state index is 0.268. The van der Waals surface area contributed by atoms with Crippen LogP contribution in [0.4, 0.5) is 5.69 Å². The molecular formula is C27H23ClN4O2. The first-order valence-corrected chi connectivity index (χ1v) is 11.6. The summed E-state index contributed by atoms with van der Waals surface area (Å²) in [7, 11) is 0. The highest BCUT2D eigenvalue weighted by atomic mass is 35.5. The van der Waals surface area contributed by atoms with Gasteiger partial charge in [-0.3, -0.25) is 4.79 Å². The predicted octanol–water partition coefficient (Wildman–Crippen LogP) is 6.19. The summed E-state index contributed by atoms with van der Waals surface area (Å²) in [5, 5.41) is 6.44. The lowest BCUT2D eigenvalue weighted by Gasteiger charge is -2.20. The fraction of sp³-hybridized carbons (Fsp3) is 0.148. The van der Waals surface area contributed by atoms with E-state index in [1.54, 1.807) is 30.5 Å². The summed E-state index contributed by atoms with van der Waals surface area (Å²) in [4.78, 5) is 20.4. The van der Waals surface area contributed by atoms with Gasteiger partial charge in [0.15, 0.2) is 5.76 Å². The molecule has 0 fully saturated rings. The molecule has 0 radical (unpaired) electrons. The van der Waals surface area contributed by atoms with Crippen molar-refractivity contribution in [3.05, 3.63) is 93.7 Å². The van der Waals surface area contributed by atoms with Crippen molar-refractivity contribution in [2.45, 2.75) is 13.8 Å². The molecule has 0 atom stereocenters. The average molecular weight is 471 g/mol. The highest BCUT2D eigenvalue weighted by Gasteiger charge is 2.16. The SMILES string of the molecule is CCN(CC)c1ccc(C=Nn2c(-c3cc4cc(Cl)ccc4o3)nc3ccccc3c2=O)cc1. The molecule has 0 spiro atoms. The maximum atomic E-state index is 13.4. The number of anilines is 1. The highest BCUT2D eigenvalue weighted by molar-refractivity contribution is 6.31. The van der Waals surface area contributed by atoms with Gasteiger partial charge in [-0.1, -0.05) is 35.9 Å². The van der Waals surface area contributed by atoms with Crippen LogP contribution in [0, 0.1) is 0 Å². The van der Waals surface area contributed by atoms with Crippen LogP contribution in [0.5, 0.6) is 0 Å². The van der Waals surface area contributed by atoms with E-state index in [1.165, 1.54) is 4.68 Å². The molecule has 2 aromatic heterocycles.